The molecule has 1 saturated carbocycles. The lowest BCUT2D eigenvalue weighted by Gasteiger charge is -2.32. The number of imidazole rings is 1. The summed E-state index contributed by atoms with van der Waals surface area (Å²) in [7, 11) is 1.71. The molecule has 3 aliphatic rings. The highest BCUT2D eigenvalue weighted by atomic mass is 16.2. The number of hydrogen-bond acceptors (Lipinski definition) is 3. The second-order valence-electron chi connectivity index (χ2n) is 6.99. The topological polar surface area (TPSA) is 61.8 Å². The van der Waals surface area contributed by atoms with Crippen molar-refractivity contribution in [3.05, 3.63) is 11.9 Å². The molecule has 2 aliphatic heterocycles. The monoisotopic (exact) mass is 330 g/mol. The van der Waals surface area contributed by atoms with Crippen molar-refractivity contribution in [2.75, 3.05) is 13.6 Å². The van der Waals surface area contributed by atoms with E-state index >= 15 is 0 Å². The summed E-state index contributed by atoms with van der Waals surface area (Å²) in [6, 6.07) is -0.323. The van der Waals surface area contributed by atoms with E-state index < -0.39 is 6.04 Å². The quantitative estimate of drug-likeness (QED) is 0.797. The lowest BCUT2D eigenvalue weighted by atomic mass is 10.1. The van der Waals surface area contributed by atoms with Gasteiger partial charge in [0.25, 0.3) is 5.91 Å². The lowest BCUT2D eigenvalue weighted by Crippen LogP contribution is -2.62. The van der Waals surface area contributed by atoms with Gasteiger partial charge in [-0.05, 0) is 39.0 Å². The molecule has 1 aliphatic carbocycles. The number of rotatable bonds is 3. The van der Waals surface area contributed by atoms with Gasteiger partial charge in [-0.3, -0.25) is 14.6 Å². The van der Waals surface area contributed by atoms with Crippen LogP contribution in [0.1, 0.15) is 56.8 Å². The summed E-state index contributed by atoms with van der Waals surface area (Å²) in [5.41, 5.74) is 1.13. The van der Waals surface area contributed by atoms with Crippen LogP contribution in [-0.2, 0) is 4.79 Å². The number of imide groups is 1. The van der Waals surface area contributed by atoms with Crippen molar-refractivity contribution in [3.63, 3.8) is 0 Å². The number of nitrogens with zero attached hydrogens (tertiary/aromatic N) is 5. The number of fused-ring (bicyclic) bond motifs is 3. The molecule has 0 aromatic carbocycles. The molecule has 4 rings (SSSR count). The van der Waals surface area contributed by atoms with Gasteiger partial charge in [-0.2, -0.15) is 0 Å². The van der Waals surface area contributed by atoms with Gasteiger partial charge in [0, 0.05) is 13.6 Å². The van der Waals surface area contributed by atoms with Gasteiger partial charge in [-0.1, -0.05) is 11.9 Å². The Morgan fingerprint density at radius 1 is 1.29 bits per heavy atom. The van der Waals surface area contributed by atoms with Crippen LogP contribution in [0.15, 0.2) is 11.2 Å². The molecule has 3 heterocycles. The van der Waals surface area contributed by atoms with Gasteiger partial charge in [0.2, 0.25) is 11.9 Å². The minimum atomic E-state index is -0.504. The molecule has 1 saturated heterocycles. The summed E-state index contributed by atoms with van der Waals surface area (Å²) in [6.45, 7) is 4.49. The summed E-state index contributed by atoms with van der Waals surface area (Å²) in [5, 5.41) is 0. The highest BCUT2D eigenvalue weighted by Gasteiger charge is 2.53. The van der Waals surface area contributed by atoms with Gasteiger partial charge in [0.05, 0.1) is 6.04 Å². The van der Waals surface area contributed by atoms with E-state index in [2.05, 4.69) is 11.5 Å². The Morgan fingerprint density at radius 3 is 2.67 bits per heavy atom. The van der Waals surface area contributed by atoms with Crippen LogP contribution in [0, 0.1) is 6.92 Å². The minimum absolute atomic E-state index is 0.161. The van der Waals surface area contributed by atoms with E-state index in [-0.39, 0.29) is 11.9 Å². The summed E-state index contributed by atoms with van der Waals surface area (Å²) in [6.07, 6.45) is 7.56. The van der Waals surface area contributed by atoms with E-state index in [4.69, 9.17) is 4.99 Å². The highest BCUT2D eigenvalue weighted by molar-refractivity contribution is 6.19. The third-order valence-corrected chi connectivity index (χ3v) is 5.39. The van der Waals surface area contributed by atoms with Crippen molar-refractivity contribution in [2.24, 2.45) is 4.99 Å². The van der Waals surface area contributed by atoms with Gasteiger partial charge >= 0.3 is 12.0 Å². The van der Waals surface area contributed by atoms with Crippen molar-refractivity contribution < 1.29 is 14.2 Å². The Labute approximate surface area is 141 Å². The number of urea groups is 1. The first-order valence-electron chi connectivity index (χ1n) is 8.85. The zero-order valence-electron chi connectivity index (χ0n) is 14.5. The Kier molecular flexibility index (Phi) is 3.47. The largest absolute Gasteiger partial charge is 0.402 e. The van der Waals surface area contributed by atoms with Crippen molar-refractivity contribution in [1.29, 1.82) is 0 Å². The number of likely N-dealkylation sites (N-methyl/N-ethyl adjacent to an activating group) is 1. The van der Waals surface area contributed by atoms with Crippen LogP contribution in [0.4, 0.5) is 10.7 Å². The van der Waals surface area contributed by atoms with Crippen LogP contribution in [0.5, 0.6) is 0 Å². The van der Waals surface area contributed by atoms with Crippen LogP contribution in [0.3, 0.4) is 0 Å². The van der Waals surface area contributed by atoms with Crippen molar-refractivity contribution in [3.8, 4) is 0 Å². The van der Waals surface area contributed by atoms with Gasteiger partial charge in [-0.15, -0.1) is 0 Å². The number of amidine groups is 1. The molecule has 1 unspecified atom stereocenters. The van der Waals surface area contributed by atoms with E-state index in [1.807, 2.05) is 17.7 Å². The zero-order chi connectivity index (χ0) is 17.0. The third-order valence-electron chi connectivity index (χ3n) is 5.39. The Hall–Kier alpha value is -2.18. The van der Waals surface area contributed by atoms with E-state index in [9.17, 15) is 9.59 Å². The average molecular weight is 330 g/mol. The first kappa shape index (κ1) is 15.4. The molecule has 1 aromatic rings. The number of aryl methyl sites for hydroxylation is 1. The molecule has 1 atom stereocenters. The molecular formula is C17H24N5O2+. The van der Waals surface area contributed by atoms with E-state index in [0.29, 0.717) is 18.4 Å². The van der Waals surface area contributed by atoms with Gasteiger partial charge in [0.15, 0.2) is 0 Å². The lowest BCUT2D eigenvalue weighted by molar-refractivity contribution is -0.677. The summed E-state index contributed by atoms with van der Waals surface area (Å²) < 4.78 is 4.21. The maximum atomic E-state index is 12.9. The molecule has 24 heavy (non-hydrogen) atoms. The second kappa shape index (κ2) is 5.43. The van der Waals surface area contributed by atoms with Crippen LogP contribution >= 0.6 is 0 Å². The first-order valence-corrected chi connectivity index (χ1v) is 8.85. The number of hydrogen-bond donors (Lipinski definition) is 0. The van der Waals surface area contributed by atoms with Gasteiger partial charge < -0.3 is 0 Å². The Bertz CT molecular complexity index is 744. The first-order chi connectivity index (χ1) is 11.5. The molecule has 1 aromatic heterocycles. The second-order valence-corrected chi connectivity index (χ2v) is 6.99. The zero-order valence-corrected chi connectivity index (χ0v) is 14.5. The number of aromatic nitrogens is 2. The molecule has 3 amide bonds. The molecule has 0 radical (unpaired) electrons. The third kappa shape index (κ3) is 1.96. The normalized spacial score (nSPS) is 23.8. The van der Waals surface area contributed by atoms with Crippen molar-refractivity contribution >= 4 is 23.7 Å². The van der Waals surface area contributed by atoms with Crippen molar-refractivity contribution in [2.45, 2.75) is 58.0 Å². The highest BCUT2D eigenvalue weighted by Crippen LogP contribution is 2.36. The van der Waals surface area contributed by atoms with E-state index in [0.717, 1.165) is 30.9 Å². The number of aliphatic imine (C=N–C) groups is 1. The predicted octanol–water partition coefficient (Wildman–Crippen LogP) is 2.09. The number of carbonyl (C=O) groups is 2. The smallest absolute Gasteiger partial charge is 0.270 e. The maximum absolute atomic E-state index is 12.9. The summed E-state index contributed by atoms with van der Waals surface area (Å²) in [5.74, 6) is 1.20. The number of carbonyl (C=O) groups excluding carboxylic acids is 2. The summed E-state index contributed by atoms with van der Waals surface area (Å²) >= 11 is 0. The maximum Gasteiger partial charge on any atom is 0.402 e. The van der Waals surface area contributed by atoms with Crippen LogP contribution in [-0.4, -0.2) is 45.7 Å². The fourth-order valence-electron chi connectivity index (χ4n) is 4.24. The average Bonchev–Trinajstić information content (AvgIpc) is 3.24. The molecule has 2 fully saturated rings. The Balaban J connectivity index is 1.80. The fourth-order valence-corrected chi connectivity index (χ4v) is 4.24. The van der Waals surface area contributed by atoms with Gasteiger partial charge in [-0.25, -0.2) is 13.9 Å². The molecule has 128 valence electrons. The van der Waals surface area contributed by atoms with Gasteiger partial charge in [0.1, 0.15) is 11.9 Å². The fraction of sp³-hybridized carbons (Fsp3) is 0.647. The SMILES string of the molecule is CCCN1C(=O)C2C(=Nc3n(C4CCCC4)c(C)c[n+]32)N(C)C1=O. The molecule has 7 heteroatoms. The molecule has 0 bridgehead atoms. The molecule has 0 spiro atoms. The summed E-state index contributed by atoms with van der Waals surface area (Å²) in [4.78, 5) is 33.0. The molecule has 0 N–H and O–H groups in total. The molecule has 7 nitrogen and oxygen atoms in total. The number of amides is 3. The van der Waals surface area contributed by atoms with E-state index in [1.54, 1.807) is 7.05 Å². The predicted molar refractivity (Wildman–Crippen MR) is 88.2 cm³/mol. The van der Waals surface area contributed by atoms with Crippen LogP contribution in [0.25, 0.3) is 0 Å². The molecular weight excluding hydrogens is 306 g/mol. The van der Waals surface area contributed by atoms with Crippen molar-refractivity contribution in [1.82, 2.24) is 14.4 Å². The van der Waals surface area contributed by atoms with Crippen LogP contribution in [0.2, 0.25) is 0 Å². The van der Waals surface area contributed by atoms with Crippen LogP contribution < -0.4 is 4.57 Å². The minimum Gasteiger partial charge on any atom is -0.270 e. The standard InChI is InChI=1S/C17H24N5O2/c1-4-9-20-15(23)13-14(19(3)17(20)24)18-16-21(13)10-11(2)22(16)12-7-5-6-8-12/h10,12-13H,4-9H2,1-3H3/q+1. The van der Waals surface area contributed by atoms with E-state index in [1.165, 1.54) is 22.6 Å². The Morgan fingerprint density at radius 2 is 2.00 bits per heavy atom.